The third-order valence-corrected chi connectivity index (χ3v) is 3.98. The van der Waals surface area contributed by atoms with E-state index < -0.39 is 0 Å². The summed E-state index contributed by atoms with van der Waals surface area (Å²) < 4.78 is 5.10. The molecule has 0 spiro atoms. The molecule has 1 fully saturated rings. The highest BCUT2D eigenvalue weighted by molar-refractivity contribution is 4.75. The lowest BCUT2D eigenvalue weighted by Crippen LogP contribution is -2.33. The van der Waals surface area contributed by atoms with Gasteiger partial charge < -0.3 is 10.1 Å². The maximum absolute atomic E-state index is 5.10. The normalized spacial score (nSPS) is 27.9. The van der Waals surface area contributed by atoms with Gasteiger partial charge in [-0.1, -0.05) is 26.2 Å². The van der Waals surface area contributed by atoms with Crippen LogP contribution in [0.25, 0.3) is 0 Å². The standard InChI is InChI=1S/C14H29NO/c1-4-13-6-5-7-14(10-13)11-15-12(2)8-9-16-3/h12-15H,4-11H2,1-3H3. The largest absolute Gasteiger partial charge is 0.385 e. The van der Waals surface area contributed by atoms with E-state index in [0.717, 1.165) is 24.9 Å². The number of methoxy groups -OCH3 is 1. The summed E-state index contributed by atoms with van der Waals surface area (Å²) in [6.07, 6.45) is 8.28. The van der Waals surface area contributed by atoms with Gasteiger partial charge in [-0.25, -0.2) is 0 Å². The summed E-state index contributed by atoms with van der Waals surface area (Å²) in [4.78, 5) is 0. The van der Waals surface area contributed by atoms with Crippen molar-refractivity contribution in [1.82, 2.24) is 5.32 Å². The molecule has 0 amide bonds. The predicted molar refractivity (Wildman–Crippen MR) is 69.7 cm³/mol. The van der Waals surface area contributed by atoms with Crippen LogP contribution in [0, 0.1) is 11.8 Å². The molecule has 1 aliphatic carbocycles. The molecule has 0 saturated heterocycles. The van der Waals surface area contributed by atoms with Gasteiger partial charge in [-0.2, -0.15) is 0 Å². The van der Waals surface area contributed by atoms with Gasteiger partial charge in [0.1, 0.15) is 0 Å². The van der Waals surface area contributed by atoms with Crippen molar-refractivity contribution >= 4 is 0 Å². The van der Waals surface area contributed by atoms with E-state index in [9.17, 15) is 0 Å². The molecule has 0 aromatic heterocycles. The topological polar surface area (TPSA) is 21.3 Å². The van der Waals surface area contributed by atoms with Crippen LogP contribution >= 0.6 is 0 Å². The molecule has 3 atom stereocenters. The average molecular weight is 227 g/mol. The highest BCUT2D eigenvalue weighted by Crippen LogP contribution is 2.30. The minimum Gasteiger partial charge on any atom is -0.385 e. The molecule has 1 saturated carbocycles. The van der Waals surface area contributed by atoms with Crippen molar-refractivity contribution in [2.45, 2.75) is 58.4 Å². The molecule has 96 valence electrons. The molecule has 1 N–H and O–H groups in total. The van der Waals surface area contributed by atoms with Crippen LogP contribution in [-0.2, 0) is 4.74 Å². The first-order valence-electron chi connectivity index (χ1n) is 6.98. The maximum Gasteiger partial charge on any atom is 0.0476 e. The maximum atomic E-state index is 5.10. The SMILES string of the molecule is CCC1CCCC(CNC(C)CCOC)C1. The average Bonchev–Trinajstić information content (AvgIpc) is 2.34. The van der Waals surface area contributed by atoms with E-state index in [0.29, 0.717) is 6.04 Å². The fourth-order valence-electron chi connectivity index (χ4n) is 2.72. The molecule has 0 heterocycles. The highest BCUT2D eigenvalue weighted by Gasteiger charge is 2.20. The first-order valence-corrected chi connectivity index (χ1v) is 6.98. The van der Waals surface area contributed by atoms with Crippen LogP contribution in [0.1, 0.15) is 52.4 Å². The molecule has 16 heavy (non-hydrogen) atoms. The number of hydrogen-bond donors (Lipinski definition) is 1. The smallest absolute Gasteiger partial charge is 0.0476 e. The Kier molecular flexibility index (Phi) is 7.06. The van der Waals surface area contributed by atoms with Crippen LogP contribution in [0.3, 0.4) is 0 Å². The first-order chi connectivity index (χ1) is 7.76. The van der Waals surface area contributed by atoms with Crippen LogP contribution in [0.4, 0.5) is 0 Å². The second-order valence-corrected chi connectivity index (χ2v) is 5.40. The predicted octanol–water partition coefficient (Wildman–Crippen LogP) is 3.22. The van der Waals surface area contributed by atoms with Gasteiger partial charge in [-0.15, -0.1) is 0 Å². The zero-order chi connectivity index (χ0) is 11.8. The minimum atomic E-state index is 0.599. The fourth-order valence-corrected chi connectivity index (χ4v) is 2.72. The summed E-state index contributed by atoms with van der Waals surface area (Å²) in [5.41, 5.74) is 0. The fraction of sp³-hybridized carbons (Fsp3) is 1.00. The Bertz CT molecular complexity index is 172. The minimum absolute atomic E-state index is 0.599. The summed E-state index contributed by atoms with van der Waals surface area (Å²) in [6, 6.07) is 0.599. The molecule has 0 aromatic carbocycles. The molecule has 1 rings (SSSR count). The number of ether oxygens (including phenoxy) is 1. The number of hydrogen-bond acceptors (Lipinski definition) is 2. The van der Waals surface area contributed by atoms with Crippen LogP contribution in [-0.4, -0.2) is 26.3 Å². The van der Waals surface area contributed by atoms with E-state index in [1.807, 2.05) is 0 Å². The Morgan fingerprint density at radius 3 is 2.75 bits per heavy atom. The monoisotopic (exact) mass is 227 g/mol. The molecule has 0 radical (unpaired) electrons. The molecule has 3 unspecified atom stereocenters. The summed E-state index contributed by atoms with van der Waals surface area (Å²) in [5, 5.41) is 3.65. The molecule has 2 nitrogen and oxygen atoms in total. The molecule has 2 heteroatoms. The quantitative estimate of drug-likeness (QED) is 0.721. The van der Waals surface area contributed by atoms with E-state index >= 15 is 0 Å². The van der Waals surface area contributed by atoms with Gasteiger partial charge in [0.05, 0.1) is 0 Å². The second-order valence-electron chi connectivity index (χ2n) is 5.40. The molecule has 1 aliphatic rings. The van der Waals surface area contributed by atoms with Crippen molar-refractivity contribution in [3.63, 3.8) is 0 Å². The Hall–Kier alpha value is -0.0800. The number of rotatable bonds is 7. The second kappa shape index (κ2) is 8.08. The lowest BCUT2D eigenvalue weighted by molar-refractivity contribution is 0.181. The zero-order valence-electron chi connectivity index (χ0n) is 11.3. The molecule has 0 aromatic rings. The van der Waals surface area contributed by atoms with E-state index in [1.165, 1.54) is 38.6 Å². The van der Waals surface area contributed by atoms with Crippen LogP contribution in [0.2, 0.25) is 0 Å². The molecular weight excluding hydrogens is 198 g/mol. The lowest BCUT2D eigenvalue weighted by Gasteiger charge is -2.29. The van der Waals surface area contributed by atoms with Crippen molar-refractivity contribution in [3.05, 3.63) is 0 Å². The lowest BCUT2D eigenvalue weighted by atomic mass is 9.80. The van der Waals surface area contributed by atoms with Crippen LogP contribution < -0.4 is 5.32 Å². The Morgan fingerprint density at radius 1 is 1.31 bits per heavy atom. The van der Waals surface area contributed by atoms with Crippen LogP contribution in [0.5, 0.6) is 0 Å². The molecule has 0 aliphatic heterocycles. The molecular formula is C14H29NO. The Morgan fingerprint density at radius 2 is 2.06 bits per heavy atom. The van der Waals surface area contributed by atoms with Crippen molar-refractivity contribution in [2.24, 2.45) is 11.8 Å². The van der Waals surface area contributed by atoms with E-state index in [-0.39, 0.29) is 0 Å². The molecule has 0 bridgehead atoms. The van der Waals surface area contributed by atoms with Crippen molar-refractivity contribution in [2.75, 3.05) is 20.3 Å². The van der Waals surface area contributed by atoms with Gasteiger partial charge >= 0.3 is 0 Å². The van der Waals surface area contributed by atoms with E-state index in [2.05, 4.69) is 19.2 Å². The van der Waals surface area contributed by atoms with E-state index in [4.69, 9.17) is 4.74 Å². The number of nitrogens with one attached hydrogen (secondary N) is 1. The zero-order valence-corrected chi connectivity index (χ0v) is 11.3. The van der Waals surface area contributed by atoms with Gasteiger partial charge in [0.25, 0.3) is 0 Å². The van der Waals surface area contributed by atoms with Crippen molar-refractivity contribution < 1.29 is 4.74 Å². The van der Waals surface area contributed by atoms with Gasteiger partial charge in [0, 0.05) is 19.8 Å². The summed E-state index contributed by atoms with van der Waals surface area (Å²) in [7, 11) is 1.78. The third-order valence-electron chi connectivity index (χ3n) is 3.98. The third kappa shape index (κ3) is 5.31. The Labute approximate surface area is 101 Å². The van der Waals surface area contributed by atoms with Crippen molar-refractivity contribution in [1.29, 1.82) is 0 Å². The van der Waals surface area contributed by atoms with E-state index in [1.54, 1.807) is 7.11 Å². The Balaban J connectivity index is 2.11. The van der Waals surface area contributed by atoms with Gasteiger partial charge in [-0.05, 0) is 44.6 Å². The highest BCUT2D eigenvalue weighted by atomic mass is 16.5. The first kappa shape index (κ1) is 14.0. The summed E-state index contributed by atoms with van der Waals surface area (Å²) in [6.45, 7) is 6.68. The summed E-state index contributed by atoms with van der Waals surface area (Å²) >= 11 is 0. The van der Waals surface area contributed by atoms with Crippen LogP contribution in [0.15, 0.2) is 0 Å². The van der Waals surface area contributed by atoms with Gasteiger partial charge in [0.15, 0.2) is 0 Å². The van der Waals surface area contributed by atoms with Crippen molar-refractivity contribution in [3.8, 4) is 0 Å². The van der Waals surface area contributed by atoms with Gasteiger partial charge in [0.2, 0.25) is 0 Å². The summed E-state index contributed by atoms with van der Waals surface area (Å²) in [5.74, 6) is 1.92. The van der Waals surface area contributed by atoms with Gasteiger partial charge in [-0.3, -0.25) is 0 Å².